The number of amides is 2. The first-order chi connectivity index (χ1) is 13.5. The minimum atomic E-state index is -0.348. The number of anilines is 1. The molecule has 1 aromatic carbocycles. The van der Waals surface area contributed by atoms with Crippen molar-refractivity contribution in [2.75, 3.05) is 31.3 Å². The molecule has 5 N–H and O–H groups in total. The summed E-state index contributed by atoms with van der Waals surface area (Å²) in [5.74, 6) is 4.86. The van der Waals surface area contributed by atoms with E-state index in [1.807, 2.05) is 0 Å². The Morgan fingerprint density at radius 3 is 2.46 bits per heavy atom. The van der Waals surface area contributed by atoms with Gasteiger partial charge in [-0.3, -0.25) is 19.4 Å². The van der Waals surface area contributed by atoms with Crippen LogP contribution in [0.4, 0.5) is 5.69 Å². The van der Waals surface area contributed by atoms with Gasteiger partial charge in [0.25, 0.3) is 5.91 Å². The molecule has 0 atom stereocenters. The second-order valence-corrected chi connectivity index (χ2v) is 6.39. The third-order valence-corrected chi connectivity index (χ3v) is 4.54. The van der Waals surface area contributed by atoms with Crippen LogP contribution in [0.2, 0.25) is 0 Å². The van der Waals surface area contributed by atoms with Crippen molar-refractivity contribution in [3.8, 4) is 0 Å². The summed E-state index contributed by atoms with van der Waals surface area (Å²) in [6.07, 6.45) is 3.94. The average molecular weight is 389 g/mol. The predicted octanol–water partition coefficient (Wildman–Crippen LogP) is 0.328. The highest BCUT2D eigenvalue weighted by atomic mass is 16.5. The van der Waals surface area contributed by atoms with Gasteiger partial charge in [-0.15, -0.1) is 0 Å². The van der Waals surface area contributed by atoms with Crippen molar-refractivity contribution in [1.29, 1.82) is 0 Å². The lowest BCUT2D eigenvalue weighted by Crippen LogP contribution is -2.45. The fraction of sp³-hybridized carbons (Fsp3) is 0.421. The largest absolute Gasteiger partial charge is 0.466 e. The van der Waals surface area contributed by atoms with Crippen LogP contribution >= 0.6 is 0 Å². The van der Waals surface area contributed by atoms with Crippen molar-refractivity contribution in [2.45, 2.75) is 19.8 Å². The van der Waals surface area contributed by atoms with Gasteiger partial charge >= 0.3 is 5.97 Å². The number of rotatable bonds is 7. The van der Waals surface area contributed by atoms with E-state index < -0.39 is 0 Å². The van der Waals surface area contributed by atoms with Gasteiger partial charge in [-0.25, -0.2) is 5.84 Å². The lowest BCUT2D eigenvalue weighted by atomic mass is 9.97. The number of esters is 1. The fourth-order valence-electron chi connectivity index (χ4n) is 2.96. The van der Waals surface area contributed by atoms with Crippen LogP contribution in [0.15, 0.2) is 36.7 Å². The number of carbonyl (C=O) groups excluding carboxylic acids is 3. The normalized spacial score (nSPS) is 14.7. The number of hydrazine groups is 1. The third-order valence-electron chi connectivity index (χ3n) is 4.54. The van der Waals surface area contributed by atoms with Crippen LogP contribution < -0.4 is 21.9 Å². The monoisotopic (exact) mass is 389 g/mol. The molecule has 9 nitrogen and oxygen atoms in total. The van der Waals surface area contributed by atoms with Crippen LogP contribution in [-0.4, -0.2) is 48.9 Å². The van der Waals surface area contributed by atoms with Gasteiger partial charge in [0.05, 0.1) is 24.8 Å². The maximum atomic E-state index is 12.3. The van der Waals surface area contributed by atoms with Crippen molar-refractivity contribution in [1.82, 2.24) is 10.2 Å². The SMILES string of the molecule is CCOC(=O)C1CCN(C(=O)CNC(=O)c2ccc(N(N)/C=C\N)cc2)CC1. The van der Waals surface area contributed by atoms with E-state index in [0.717, 1.165) is 0 Å². The molecule has 152 valence electrons. The number of hydrogen-bond acceptors (Lipinski definition) is 7. The summed E-state index contributed by atoms with van der Waals surface area (Å²) in [4.78, 5) is 37.9. The van der Waals surface area contributed by atoms with E-state index in [1.165, 1.54) is 17.4 Å². The van der Waals surface area contributed by atoms with Crippen LogP contribution in [-0.2, 0) is 14.3 Å². The Labute approximate surface area is 164 Å². The standard InChI is InChI=1S/C19H27N5O4/c1-2-28-19(27)15-7-10-23(11-8-15)17(25)13-22-18(26)14-3-5-16(6-4-14)24(21)12-9-20/h3-6,9,12,15H,2,7-8,10-11,13,20-21H2,1H3,(H,22,26)/b12-9-. The van der Waals surface area contributed by atoms with Crippen molar-refractivity contribution >= 4 is 23.5 Å². The van der Waals surface area contributed by atoms with Crippen LogP contribution in [0.1, 0.15) is 30.1 Å². The smallest absolute Gasteiger partial charge is 0.309 e. The summed E-state index contributed by atoms with van der Waals surface area (Å²) in [5.41, 5.74) is 6.37. The molecule has 0 aromatic heterocycles. The van der Waals surface area contributed by atoms with E-state index >= 15 is 0 Å². The lowest BCUT2D eigenvalue weighted by molar-refractivity contribution is -0.151. The maximum Gasteiger partial charge on any atom is 0.309 e. The number of likely N-dealkylation sites (tertiary alicyclic amines) is 1. The summed E-state index contributed by atoms with van der Waals surface area (Å²) in [6.45, 7) is 3.00. The number of carbonyl (C=O) groups is 3. The summed E-state index contributed by atoms with van der Waals surface area (Å²) in [7, 11) is 0. The molecule has 28 heavy (non-hydrogen) atoms. The Balaban J connectivity index is 1.80. The van der Waals surface area contributed by atoms with E-state index in [1.54, 1.807) is 36.1 Å². The molecule has 1 aliphatic heterocycles. The van der Waals surface area contributed by atoms with Gasteiger partial charge in [-0.2, -0.15) is 0 Å². The summed E-state index contributed by atoms with van der Waals surface area (Å²) < 4.78 is 5.02. The Bertz CT molecular complexity index is 712. The number of hydrogen-bond donors (Lipinski definition) is 3. The number of nitrogens with one attached hydrogen (secondary N) is 1. The number of nitrogens with zero attached hydrogens (tertiary/aromatic N) is 2. The maximum absolute atomic E-state index is 12.3. The van der Waals surface area contributed by atoms with Gasteiger partial charge in [0.15, 0.2) is 0 Å². The second kappa shape index (κ2) is 10.3. The highest BCUT2D eigenvalue weighted by Gasteiger charge is 2.28. The quantitative estimate of drug-likeness (QED) is 0.348. The highest BCUT2D eigenvalue weighted by molar-refractivity contribution is 5.96. The first-order valence-electron chi connectivity index (χ1n) is 9.21. The van der Waals surface area contributed by atoms with Gasteiger partial charge in [-0.05, 0) is 44.0 Å². The molecule has 0 bridgehead atoms. The molecule has 2 rings (SSSR count). The average Bonchev–Trinajstić information content (AvgIpc) is 2.72. The summed E-state index contributed by atoms with van der Waals surface area (Å²) in [6, 6.07) is 6.59. The first-order valence-corrected chi connectivity index (χ1v) is 9.21. The van der Waals surface area contributed by atoms with E-state index in [9.17, 15) is 14.4 Å². The van der Waals surface area contributed by atoms with Crippen LogP contribution in [0.25, 0.3) is 0 Å². The van der Waals surface area contributed by atoms with Crippen molar-refractivity contribution in [3.05, 3.63) is 42.2 Å². The third kappa shape index (κ3) is 5.71. The predicted molar refractivity (Wildman–Crippen MR) is 105 cm³/mol. The van der Waals surface area contributed by atoms with Gasteiger partial charge < -0.3 is 20.7 Å². The molecule has 1 aromatic rings. The molecule has 1 fully saturated rings. The van der Waals surface area contributed by atoms with E-state index in [-0.39, 0.29) is 30.2 Å². The molecule has 2 amide bonds. The Kier molecular flexibility index (Phi) is 7.82. The van der Waals surface area contributed by atoms with Crippen molar-refractivity contribution in [3.63, 3.8) is 0 Å². The number of ether oxygens (including phenoxy) is 1. The fourth-order valence-corrected chi connectivity index (χ4v) is 2.96. The number of benzene rings is 1. The molecule has 0 spiro atoms. The molecule has 1 aliphatic rings. The van der Waals surface area contributed by atoms with Crippen molar-refractivity contribution < 1.29 is 19.1 Å². The van der Waals surface area contributed by atoms with E-state index in [0.29, 0.717) is 43.8 Å². The topological polar surface area (TPSA) is 131 Å². The molecule has 1 heterocycles. The highest BCUT2D eigenvalue weighted by Crippen LogP contribution is 2.18. The van der Waals surface area contributed by atoms with E-state index in [2.05, 4.69) is 5.32 Å². The molecule has 9 heteroatoms. The zero-order valence-electron chi connectivity index (χ0n) is 16.0. The van der Waals surface area contributed by atoms with Crippen LogP contribution in [0, 0.1) is 5.92 Å². The van der Waals surface area contributed by atoms with Gasteiger partial charge in [-0.1, -0.05) is 0 Å². The van der Waals surface area contributed by atoms with E-state index in [4.69, 9.17) is 16.3 Å². The minimum absolute atomic E-state index is 0.0937. The Morgan fingerprint density at radius 2 is 1.89 bits per heavy atom. The molecular formula is C19H27N5O4. The number of piperidine rings is 1. The number of nitrogens with two attached hydrogens (primary N) is 2. The van der Waals surface area contributed by atoms with Crippen LogP contribution in [0.3, 0.4) is 0 Å². The summed E-state index contributed by atoms with van der Waals surface area (Å²) in [5, 5.41) is 3.95. The second-order valence-electron chi connectivity index (χ2n) is 6.39. The minimum Gasteiger partial charge on any atom is -0.466 e. The zero-order chi connectivity index (χ0) is 20.5. The van der Waals surface area contributed by atoms with Crippen LogP contribution in [0.5, 0.6) is 0 Å². The van der Waals surface area contributed by atoms with Gasteiger partial charge in [0.2, 0.25) is 5.91 Å². The van der Waals surface area contributed by atoms with Gasteiger partial charge in [0, 0.05) is 31.1 Å². The van der Waals surface area contributed by atoms with Gasteiger partial charge in [0.1, 0.15) is 0 Å². The molecule has 0 unspecified atom stereocenters. The Morgan fingerprint density at radius 1 is 1.25 bits per heavy atom. The Hall–Kier alpha value is -3.07. The molecule has 1 saturated heterocycles. The first kappa shape index (κ1) is 21.2. The lowest BCUT2D eigenvalue weighted by Gasteiger charge is -2.31. The van der Waals surface area contributed by atoms with Crippen molar-refractivity contribution in [2.24, 2.45) is 17.5 Å². The zero-order valence-corrected chi connectivity index (χ0v) is 16.0. The molecule has 0 radical (unpaired) electrons. The molecule has 0 saturated carbocycles. The summed E-state index contributed by atoms with van der Waals surface area (Å²) >= 11 is 0. The molecular weight excluding hydrogens is 362 g/mol. The molecule has 0 aliphatic carbocycles.